The van der Waals surface area contributed by atoms with E-state index in [1.165, 1.54) is 7.11 Å². The molecule has 0 bridgehead atoms. The van der Waals surface area contributed by atoms with E-state index < -0.39 is 12.0 Å². The zero-order chi connectivity index (χ0) is 13.0. The molecule has 1 aromatic carbocycles. The van der Waals surface area contributed by atoms with E-state index >= 15 is 0 Å². The lowest BCUT2D eigenvalue weighted by Gasteiger charge is -2.17. The number of aliphatic carboxylic acids is 1. The lowest BCUT2D eigenvalue weighted by atomic mass is 10.2. The summed E-state index contributed by atoms with van der Waals surface area (Å²) in [6.07, 6.45) is 0. The number of nitrogens with one attached hydrogen (secondary N) is 1. The summed E-state index contributed by atoms with van der Waals surface area (Å²) >= 11 is 10.1. The number of ether oxygens (including phenoxy) is 1. The molecule has 1 rings (SSSR count). The number of halogens is 3. The Kier molecular flexibility index (Phi) is 5.91. The molecule has 0 aromatic heterocycles. The maximum atomic E-state index is 11.0. The quantitative estimate of drug-likeness (QED) is 0.749. The summed E-state index contributed by atoms with van der Waals surface area (Å²) < 4.78 is 7.28. The van der Waals surface area contributed by atoms with Gasteiger partial charge < -0.3 is 15.2 Å². The van der Waals surface area contributed by atoms with Gasteiger partial charge >= 0.3 is 5.97 Å². The molecule has 1 unspecified atom stereocenters. The van der Waals surface area contributed by atoms with Gasteiger partial charge in [-0.05, 0) is 44.0 Å². The van der Waals surface area contributed by atoms with E-state index in [4.69, 9.17) is 9.84 Å². The third kappa shape index (κ3) is 4.24. The van der Waals surface area contributed by atoms with Gasteiger partial charge in [0.25, 0.3) is 0 Å². The predicted molar refractivity (Wildman–Crippen MR) is 76.5 cm³/mol. The molecule has 1 atom stereocenters. The fraction of sp³-hybridized carbons (Fsp3) is 0.300. The zero-order valence-electron chi connectivity index (χ0n) is 8.84. The number of anilines is 1. The van der Waals surface area contributed by atoms with Crippen molar-refractivity contribution in [3.8, 4) is 0 Å². The smallest absolute Gasteiger partial charge is 0.328 e. The second-order valence-electron chi connectivity index (χ2n) is 3.23. The van der Waals surface area contributed by atoms with E-state index in [0.29, 0.717) is 5.69 Å². The van der Waals surface area contributed by atoms with Gasteiger partial charge in [0, 0.05) is 20.5 Å². The highest BCUT2D eigenvalue weighted by molar-refractivity contribution is 9.11. The van der Waals surface area contributed by atoms with Crippen LogP contribution in [0.15, 0.2) is 25.6 Å². The minimum Gasteiger partial charge on any atom is -0.480 e. The summed E-state index contributed by atoms with van der Waals surface area (Å²) in [5.74, 6) is -0.964. The zero-order valence-corrected chi connectivity index (χ0v) is 13.6. The molecule has 0 aliphatic heterocycles. The molecule has 0 saturated carbocycles. The van der Waals surface area contributed by atoms with E-state index in [1.807, 2.05) is 12.1 Å². The first-order valence-electron chi connectivity index (χ1n) is 4.58. The van der Waals surface area contributed by atoms with Gasteiger partial charge in [-0.1, -0.05) is 15.9 Å². The van der Waals surface area contributed by atoms with Crippen molar-refractivity contribution in [2.45, 2.75) is 6.04 Å². The Morgan fingerprint density at radius 3 is 2.35 bits per heavy atom. The molecule has 0 amide bonds. The van der Waals surface area contributed by atoms with E-state index in [0.717, 1.165) is 13.4 Å². The molecule has 17 heavy (non-hydrogen) atoms. The Bertz CT molecular complexity index is 402. The molecule has 0 heterocycles. The second-order valence-corrected chi connectivity index (χ2v) is 5.86. The van der Waals surface area contributed by atoms with Crippen molar-refractivity contribution >= 4 is 59.4 Å². The molecule has 0 aliphatic carbocycles. The third-order valence-corrected chi connectivity index (χ3v) is 3.67. The lowest BCUT2D eigenvalue weighted by molar-refractivity contribution is -0.139. The van der Waals surface area contributed by atoms with Crippen molar-refractivity contribution in [2.24, 2.45) is 0 Å². The first kappa shape index (κ1) is 14.9. The summed E-state index contributed by atoms with van der Waals surface area (Å²) in [5, 5.41) is 11.9. The molecule has 2 N–H and O–H groups in total. The van der Waals surface area contributed by atoms with Gasteiger partial charge in [-0.25, -0.2) is 4.79 Å². The Morgan fingerprint density at radius 1 is 1.41 bits per heavy atom. The fourth-order valence-corrected chi connectivity index (χ4v) is 3.68. The van der Waals surface area contributed by atoms with Crippen molar-refractivity contribution in [2.75, 3.05) is 19.0 Å². The summed E-state index contributed by atoms with van der Waals surface area (Å²) in [6, 6.07) is 2.87. The van der Waals surface area contributed by atoms with Crippen LogP contribution in [0.25, 0.3) is 0 Å². The molecule has 0 radical (unpaired) electrons. The number of rotatable bonds is 5. The third-order valence-electron chi connectivity index (χ3n) is 1.96. The van der Waals surface area contributed by atoms with Crippen LogP contribution in [0, 0.1) is 0 Å². The fourth-order valence-electron chi connectivity index (χ4n) is 1.20. The topological polar surface area (TPSA) is 58.6 Å². The van der Waals surface area contributed by atoms with Crippen molar-refractivity contribution in [1.29, 1.82) is 0 Å². The van der Waals surface area contributed by atoms with Crippen LogP contribution in [0.4, 0.5) is 5.69 Å². The number of hydrogen-bond acceptors (Lipinski definition) is 3. The monoisotopic (exact) mass is 429 g/mol. The largest absolute Gasteiger partial charge is 0.480 e. The van der Waals surface area contributed by atoms with Crippen molar-refractivity contribution in [1.82, 2.24) is 0 Å². The van der Waals surface area contributed by atoms with Crippen LogP contribution in [0.2, 0.25) is 0 Å². The Hall–Kier alpha value is -0.110. The number of hydrogen-bond donors (Lipinski definition) is 2. The summed E-state index contributed by atoms with van der Waals surface area (Å²) in [6.45, 7) is 0.0876. The highest BCUT2D eigenvalue weighted by atomic mass is 79.9. The van der Waals surface area contributed by atoms with Gasteiger partial charge in [-0.3, -0.25) is 0 Å². The molecule has 0 aliphatic rings. The number of carbonyl (C=O) groups is 1. The maximum Gasteiger partial charge on any atom is 0.328 e. The SMILES string of the molecule is COCC(Nc1c(Br)cc(Br)cc1Br)C(=O)O. The van der Waals surface area contributed by atoms with Crippen LogP contribution in [-0.4, -0.2) is 30.8 Å². The van der Waals surface area contributed by atoms with Gasteiger partial charge in [-0.2, -0.15) is 0 Å². The average molecular weight is 432 g/mol. The first-order valence-corrected chi connectivity index (χ1v) is 6.96. The number of carboxylic acid groups (broad SMARTS) is 1. The van der Waals surface area contributed by atoms with Crippen LogP contribution in [0.5, 0.6) is 0 Å². The Labute approximate surface area is 124 Å². The van der Waals surface area contributed by atoms with E-state index in [1.54, 1.807) is 0 Å². The normalized spacial score (nSPS) is 12.2. The van der Waals surface area contributed by atoms with Crippen LogP contribution in [0.1, 0.15) is 0 Å². The van der Waals surface area contributed by atoms with Crippen LogP contribution in [0.3, 0.4) is 0 Å². The molecule has 0 saturated heterocycles. The van der Waals surface area contributed by atoms with Gasteiger partial charge in [0.05, 0.1) is 12.3 Å². The Balaban J connectivity index is 2.97. The first-order chi connectivity index (χ1) is 7.95. The van der Waals surface area contributed by atoms with Crippen LogP contribution in [-0.2, 0) is 9.53 Å². The molecule has 94 valence electrons. The average Bonchev–Trinajstić information content (AvgIpc) is 2.21. The van der Waals surface area contributed by atoms with Gasteiger partial charge in [-0.15, -0.1) is 0 Å². The van der Waals surface area contributed by atoms with Crippen LogP contribution < -0.4 is 5.32 Å². The minimum atomic E-state index is -0.964. The van der Waals surface area contributed by atoms with Crippen molar-refractivity contribution in [3.63, 3.8) is 0 Å². The number of carboxylic acids is 1. The standard InChI is InChI=1S/C10H10Br3NO3/c1-17-4-8(10(15)16)14-9-6(12)2-5(11)3-7(9)13/h2-3,8,14H,4H2,1H3,(H,15,16). The maximum absolute atomic E-state index is 11.0. The van der Waals surface area contributed by atoms with E-state index in [2.05, 4.69) is 53.1 Å². The lowest BCUT2D eigenvalue weighted by Crippen LogP contribution is -2.33. The highest BCUT2D eigenvalue weighted by Crippen LogP contribution is 2.34. The minimum absolute atomic E-state index is 0.0876. The number of methoxy groups -OCH3 is 1. The Morgan fingerprint density at radius 2 is 1.94 bits per heavy atom. The molecule has 1 aromatic rings. The van der Waals surface area contributed by atoms with Crippen LogP contribution >= 0.6 is 47.8 Å². The van der Waals surface area contributed by atoms with Gasteiger partial charge in [0.1, 0.15) is 6.04 Å². The van der Waals surface area contributed by atoms with Gasteiger partial charge in [0.2, 0.25) is 0 Å². The predicted octanol–water partition coefficient (Wildman–Crippen LogP) is 3.49. The van der Waals surface area contributed by atoms with Crippen molar-refractivity contribution < 1.29 is 14.6 Å². The molecular weight excluding hydrogens is 422 g/mol. The number of benzene rings is 1. The molecule has 0 fully saturated rings. The molecule has 7 heteroatoms. The summed E-state index contributed by atoms with van der Waals surface area (Å²) in [5.41, 5.74) is 0.678. The van der Waals surface area contributed by atoms with E-state index in [9.17, 15) is 4.79 Å². The van der Waals surface area contributed by atoms with E-state index in [-0.39, 0.29) is 6.61 Å². The molecule has 4 nitrogen and oxygen atoms in total. The summed E-state index contributed by atoms with van der Waals surface area (Å²) in [4.78, 5) is 11.0. The second kappa shape index (κ2) is 6.72. The highest BCUT2D eigenvalue weighted by Gasteiger charge is 2.19. The molecule has 0 spiro atoms. The van der Waals surface area contributed by atoms with Gasteiger partial charge in [0.15, 0.2) is 0 Å². The van der Waals surface area contributed by atoms with Crippen molar-refractivity contribution in [3.05, 3.63) is 25.6 Å². The molecular formula is C10H10Br3NO3. The summed E-state index contributed by atoms with van der Waals surface area (Å²) in [7, 11) is 1.46.